The van der Waals surface area contributed by atoms with E-state index in [1.807, 2.05) is 0 Å². The Bertz CT molecular complexity index is 1350. The molecule has 24 heteroatoms. The highest BCUT2D eigenvalue weighted by atomic mass is 15.5. The smallest absolute Gasteiger partial charge is 0.0531 e. The molecular weight excluding hydrogens is 1010 g/mol. The fraction of sp³-hybridized carbons (Fsp3) is 1.00. The zero-order chi connectivity index (χ0) is 56.0. The molecule has 10 saturated heterocycles. The summed E-state index contributed by atoms with van der Waals surface area (Å²) in [5, 5.41) is 20.6. The second kappa shape index (κ2) is 39.0. The predicted molar refractivity (Wildman–Crippen MR) is 331 cm³/mol. The molecule has 0 aromatic rings. The van der Waals surface area contributed by atoms with Crippen molar-refractivity contribution in [1.82, 2.24) is 120 Å². The third-order valence-electron chi connectivity index (χ3n) is 18.0. The van der Waals surface area contributed by atoms with Crippen molar-refractivity contribution in [3.05, 3.63) is 0 Å². The van der Waals surface area contributed by atoms with Crippen molar-refractivity contribution in [1.29, 1.82) is 0 Å². The highest BCUT2D eigenvalue weighted by Crippen LogP contribution is 2.10. The van der Waals surface area contributed by atoms with Crippen molar-refractivity contribution >= 4 is 0 Å². The molecule has 10 fully saturated rings. The van der Waals surface area contributed by atoms with Gasteiger partial charge in [-0.05, 0) is 42.3 Å². The Kier molecular flexibility index (Phi) is 32.4. The molecule has 0 spiro atoms. The summed E-state index contributed by atoms with van der Waals surface area (Å²) in [4.78, 5) is 45.7. The first kappa shape index (κ1) is 66.6. The molecule has 0 aliphatic carbocycles. The highest BCUT2D eigenvalue weighted by molar-refractivity contribution is 4.79. The minimum Gasteiger partial charge on any atom is -0.314 e. The fourth-order valence-corrected chi connectivity index (χ4v) is 12.3. The van der Waals surface area contributed by atoms with Crippen molar-refractivity contribution in [2.75, 3.05) is 371 Å². The van der Waals surface area contributed by atoms with Gasteiger partial charge in [-0.2, -0.15) is 0 Å². The van der Waals surface area contributed by atoms with E-state index in [1.165, 1.54) is 196 Å². The van der Waals surface area contributed by atoms with E-state index in [9.17, 15) is 0 Å². The quantitative estimate of drug-likeness (QED) is 0.0694. The van der Waals surface area contributed by atoms with Crippen LogP contribution >= 0.6 is 0 Å². The van der Waals surface area contributed by atoms with E-state index in [0.29, 0.717) is 0 Å². The lowest BCUT2D eigenvalue weighted by molar-refractivity contribution is -0.00866. The van der Waals surface area contributed by atoms with Crippen LogP contribution in [0.4, 0.5) is 0 Å². The monoisotopic (exact) mass is 1130 g/mol. The molecule has 6 N–H and O–H groups in total. The van der Waals surface area contributed by atoms with Gasteiger partial charge in [-0.25, -0.2) is 0 Å². The maximum absolute atomic E-state index is 3.52. The zero-order valence-corrected chi connectivity index (χ0v) is 52.4. The second-order valence-corrected chi connectivity index (χ2v) is 25.3. The van der Waals surface area contributed by atoms with Gasteiger partial charge in [0.2, 0.25) is 0 Å². The van der Waals surface area contributed by atoms with E-state index >= 15 is 0 Å². The van der Waals surface area contributed by atoms with Crippen LogP contribution in [-0.4, -0.2) is 459 Å². The lowest BCUT2D eigenvalue weighted by Gasteiger charge is -2.42. The summed E-state index contributed by atoms with van der Waals surface area (Å²) in [6, 6.07) is 0. The van der Waals surface area contributed by atoms with E-state index in [4.69, 9.17) is 0 Å². The van der Waals surface area contributed by atoms with E-state index in [0.717, 1.165) is 132 Å². The molecule has 10 aliphatic rings. The Morgan fingerprint density at radius 3 is 0.625 bits per heavy atom. The Morgan fingerprint density at radius 1 is 0.237 bits per heavy atom. The molecule has 0 atom stereocenters. The van der Waals surface area contributed by atoms with Gasteiger partial charge in [-0.3, -0.25) is 69.0 Å². The summed E-state index contributed by atoms with van der Waals surface area (Å²) >= 11 is 0. The molecule has 0 saturated carbocycles. The lowest BCUT2D eigenvalue weighted by Crippen LogP contribution is -2.56. The molecule has 0 amide bonds. The number of hydrogen-bond acceptors (Lipinski definition) is 24. The average molecular weight is 1130 g/mol. The number of rotatable bonds is 20. The Morgan fingerprint density at radius 2 is 0.412 bits per heavy atom. The van der Waals surface area contributed by atoms with Crippen LogP contribution in [0.2, 0.25) is 0 Å². The minimum atomic E-state index is 1.03. The van der Waals surface area contributed by atoms with Gasteiger partial charge < -0.3 is 51.1 Å². The van der Waals surface area contributed by atoms with Crippen LogP contribution < -0.4 is 31.9 Å². The van der Waals surface area contributed by atoms with Crippen LogP contribution in [0, 0.1) is 0 Å². The maximum atomic E-state index is 3.52. The SMILES string of the molecule is C1CN(CN(CN2CCNCC2)CN2CCNCC2)CCN1.C1CN(CNCN2CCNCC2)CCN1.CN1CCN(CN(C)CN2CCN(C)CC2)CC1.CN1CCN(CN(CN2CCN(C)CC2)CN2CCN(C)CC2)CC1. The summed E-state index contributed by atoms with van der Waals surface area (Å²) < 4.78 is 0. The summed E-state index contributed by atoms with van der Waals surface area (Å²) in [6.07, 6.45) is 0. The first-order valence-electron chi connectivity index (χ1n) is 32.1. The van der Waals surface area contributed by atoms with Crippen molar-refractivity contribution < 1.29 is 0 Å². The van der Waals surface area contributed by atoms with E-state index in [2.05, 4.69) is 162 Å². The number of likely N-dealkylation sites (N-methyl/N-ethyl adjacent to an activating group) is 5. The van der Waals surface area contributed by atoms with Crippen LogP contribution in [-0.2, 0) is 0 Å². The van der Waals surface area contributed by atoms with Crippen LogP contribution in [0.3, 0.4) is 0 Å². The predicted octanol–water partition coefficient (Wildman–Crippen LogP) is -5.59. The van der Waals surface area contributed by atoms with E-state index in [-0.39, 0.29) is 0 Å². The molecule has 24 nitrogen and oxygen atoms in total. The van der Waals surface area contributed by atoms with Gasteiger partial charge in [-0.15, -0.1) is 0 Å². The standard InChI is InChI=1S/C18H39N7.C15H33N7.C13H29N5.C10H23N5/c1-19-4-10-22(11-5-19)16-25(17-23-12-6-20(2)7-13-23)18-24-14-8-21(3)9-15-24;1-7-19(8-2-16-1)13-22(14-20-9-3-17-4-10-20)15-21-11-5-18-6-12-21;1-14-4-8-17(9-5-14)12-16(3)13-18-10-6-15(2)7-11-18;1-5-14(6-2-11-1)9-13-10-15-7-3-12-4-8-15/h4-18H2,1-3H3;16-18H,1-15H2;4-13H2,1-3H3;11-13H,1-10H2. The van der Waals surface area contributed by atoms with Crippen molar-refractivity contribution in [2.24, 2.45) is 0 Å². The van der Waals surface area contributed by atoms with Crippen LogP contribution in [0.25, 0.3) is 0 Å². The number of piperazine rings is 10. The topological polar surface area (TPSA) is 130 Å². The van der Waals surface area contributed by atoms with Crippen molar-refractivity contribution in [2.45, 2.75) is 0 Å². The molecule has 0 bridgehead atoms. The molecule has 0 radical (unpaired) electrons. The normalized spacial score (nSPS) is 26.5. The molecule has 10 heterocycles. The molecular formula is C56H124N24. The number of nitrogens with zero attached hydrogens (tertiary/aromatic N) is 18. The molecule has 0 unspecified atom stereocenters. The van der Waals surface area contributed by atoms with Gasteiger partial charge in [-0.1, -0.05) is 0 Å². The molecule has 0 aromatic heterocycles. The first-order valence-corrected chi connectivity index (χ1v) is 32.1. The Hall–Kier alpha value is -0.960. The summed E-state index contributed by atoms with van der Waals surface area (Å²) in [5.41, 5.74) is 0. The van der Waals surface area contributed by atoms with Crippen LogP contribution in [0.15, 0.2) is 0 Å². The van der Waals surface area contributed by atoms with Crippen LogP contribution in [0.1, 0.15) is 0 Å². The Labute approximate surface area is 489 Å². The average Bonchev–Trinajstić information content (AvgIpc) is 3.48. The largest absolute Gasteiger partial charge is 0.314 e. The van der Waals surface area contributed by atoms with Crippen molar-refractivity contribution in [3.63, 3.8) is 0 Å². The second-order valence-electron chi connectivity index (χ2n) is 25.3. The summed E-state index contributed by atoms with van der Waals surface area (Å²) in [6.45, 7) is 58.2. The van der Waals surface area contributed by atoms with Gasteiger partial charge >= 0.3 is 0 Å². The van der Waals surface area contributed by atoms with Gasteiger partial charge in [0.15, 0.2) is 0 Å². The molecule has 10 rings (SSSR count). The van der Waals surface area contributed by atoms with Crippen LogP contribution in [0.5, 0.6) is 0 Å². The summed E-state index contributed by atoms with van der Waals surface area (Å²) in [7, 11) is 13.4. The molecule has 10 aliphatic heterocycles. The third kappa shape index (κ3) is 27.6. The van der Waals surface area contributed by atoms with Gasteiger partial charge in [0, 0.05) is 275 Å². The van der Waals surface area contributed by atoms with Crippen molar-refractivity contribution in [3.8, 4) is 0 Å². The highest BCUT2D eigenvalue weighted by Gasteiger charge is 2.26. The summed E-state index contributed by atoms with van der Waals surface area (Å²) in [5.74, 6) is 0. The van der Waals surface area contributed by atoms with Gasteiger partial charge in [0.25, 0.3) is 0 Å². The van der Waals surface area contributed by atoms with Gasteiger partial charge in [0.05, 0.1) is 53.3 Å². The fourth-order valence-electron chi connectivity index (χ4n) is 12.3. The number of nitrogens with one attached hydrogen (secondary N) is 6. The first-order chi connectivity index (χ1) is 39.1. The third-order valence-corrected chi connectivity index (χ3v) is 18.0. The molecule has 80 heavy (non-hydrogen) atoms. The van der Waals surface area contributed by atoms with Gasteiger partial charge in [0.1, 0.15) is 0 Å². The molecule has 468 valence electrons. The lowest BCUT2D eigenvalue weighted by atomic mass is 10.3. The molecule has 0 aromatic carbocycles. The number of hydrogen-bond donors (Lipinski definition) is 6. The Balaban J connectivity index is 0.000000157. The van der Waals surface area contributed by atoms with E-state index < -0.39 is 0 Å². The van der Waals surface area contributed by atoms with E-state index in [1.54, 1.807) is 0 Å². The zero-order valence-electron chi connectivity index (χ0n) is 52.4. The minimum absolute atomic E-state index is 1.03. The maximum Gasteiger partial charge on any atom is 0.0531 e.